The van der Waals surface area contributed by atoms with Crippen molar-refractivity contribution in [3.63, 3.8) is 0 Å². The summed E-state index contributed by atoms with van der Waals surface area (Å²) < 4.78 is 26.8. The molecule has 1 unspecified atom stereocenters. The Hall–Kier alpha value is -1.93. The number of hydrogen-bond acceptors (Lipinski definition) is 4. The van der Waals surface area contributed by atoms with Gasteiger partial charge in [0, 0.05) is 23.3 Å². The number of likely N-dealkylation sites (N-methyl/N-ethyl adjacent to an activating group) is 1. The molecule has 0 spiro atoms. The first-order chi connectivity index (χ1) is 13.1. The van der Waals surface area contributed by atoms with Crippen LogP contribution in [0.3, 0.4) is 0 Å². The molecule has 0 saturated heterocycles. The largest absolute Gasteiger partial charge is 0.325 e. The third kappa shape index (κ3) is 6.31. The second kappa shape index (κ2) is 9.52. The van der Waals surface area contributed by atoms with Gasteiger partial charge in [-0.1, -0.05) is 23.7 Å². The maximum atomic E-state index is 12.5. The molecule has 152 valence electrons. The van der Waals surface area contributed by atoms with E-state index < -0.39 is 10.0 Å². The zero-order chi connectivity index (χ0) is 20.9. The number of nitrogens with one attached hydrogen (secondary N) is 2. The highest BCUT2D eigenvalue weighted by Gasteiger charge is 2.19. The fourth-order valence-corrected chi connectivity index (χ4v) is 4.07. The van der Waals surface area contributed by atoms with Crippen LogP contribution in [0, 0.1) is 0 Å². The van der Waals surface area contributed by atoms with Gasteiger partial charge in [0.2, 0.25) is 15.9 Å². The van der Waals surface area contributed by atoms with Gasteiger partial charge >= 0.3 is 0 Å². The van der Waals surface area contributed by atoms with Gasteiger partial charge < -0.3 is 5.32 Å². The van der Waals surface area contributed by atoms with E-state index >= 15 is 0 Å². The maximum absolute atomic E-state index is 12.5. The van der Waals surface area contributed by atoms with E-state index in [1.807, 2.05) is 43.1 Å². The summed E-state index contributed by atoms with van der Waals surface area (Å²) in [5, 5.41) is 3.47. The first kappa shape index (κ1) is 22.4. The van der Waals surface area contributed by atoms with Crippen LogP contribution in [0.1, 0.15) is 26.3 Å². The van der Waals surface area contributed by atoms with E-state index in [4.69, 9.17) is 11.6 Å². The van der Waals surface area contributed by atoms with Gasteiger partial charge in [-0.05, 0) is 69.8 Å². The normalized spacial score (nSPS) is 13.0. The monoisotopic (exact) mass is 423 g/mol. The van der Waals surface area contributed by atoms with Crippen LogP contribution in [-0.2, 0) is 21.4 Å². The van der Waals surface area contributed by atoms with Crippen molar-refractivity contribution >= 4 is 33.2 Å². The average Bonchev–Trinajstić information content (AvgIpc) is 2.60. The lowest BCUT2D eigenvalue weighted by Gasteiger charge is -2.24. The molecule has 1 amide bonds. The average molecular weight is 424 g/mol. The summed E-state index contributed by atoms with van der Waals surface area (Å²) in [5.41, 5.74) is 1.55. The highest BCUT2D eigenvalue weighted by molar-refractivity contribution is 7.89. The summed E-state index contributed by atoms with van der Waals surface area (Å²) in [4.78, 5) is 14.6. The molecule has 2 aromatic rings. The van der Waals surface area contributed by atoms with Crippen LogP contribution in [0.15, 0.2) is 53.4 Å². The zero-order valence-electron chi connectivity index (χ0n) is 16.4. The summed E-state index contributed by atoms with van der Waals surface area (Å²) in [6, 6.07) is 13.0. The van der Waals surface area contributed by atoms with Crippen molar-refractivity contribution in [2.45, 2.75) is 44.3 Å². The topological polar surface area (TPSA) is 78.5 Å². The smallest absolute Gasteiger partial charge is 0.241 e. The van der Waals surface area contributed by atoms with Crippen molar-refractivity contribution in [1.82, 2.24) is 9.62 Å². The summed E-state index contributed by atoms with van der Waals surface area (Å²) in [6.45, 7) is 5.90. The van der Waals surface area contributed by atoms with Crippen molar-refractivity contribution in [2.24, 2.45) is 0 Å². The number of carbonyl (C=O) groups excluding carboxylic acids is 1. The predicted molar refractivity (Wildman–Crippen MR) is 113 cm³/mol. The minimum absolute atomic E-state index is 0.158. The lowest BCUT2D eigenvalue weighted by Crippen LogP contribution is -2.39. The molecule has 0 fully saturated rings. The van der Waals surface area contributed by atoms with Gasteiger partial charge in [-0.25, -0.2) is 13.1 Å². The summed E-state index contributed by atoms with van der Waals surface area (Å²) in [6.07, 6.45) is 0. The van der Waals surface area contributed by atoms with Crippen LogP contribution in [0.5, 0.6) is 0 Å². The van der Waals surface area contributed by atoms with Crippen LogP contribution in [-0.4, -0.2) is 38.4 Å². The number of carbonyl (C=O) groups is 1. The second-order valence-electron chi connectivity index (χ2n) is 7.01. The minimum Gasteiger partial charge on any atom is -0.325 e. The number of hydrogen-bond donors (Lipinski definition) is 2. The number of amides is 1. The molecule has 0 aromatic heterocycles. The molecule has 1 atom stereocenters. The van der Waals surface area contributed by atoms with Gasteiger partial charge in [0.15, 0.2) is 0 Å². The summed E-state index contributed by atoms with van der Waals surface area (Å²) >= 11 is 6.01. The molecular formula is C20H26ClN3O3S. The van der Waals surface area contributed by atoms with E-state index in [2.05, 4.69) is 10.0 Å². The van der Waals surface area contributed by atoms with Gasteiger partial charge in [0.25, 0.3) is 0 Å². The molecule has 2 rings (SSSR count). The molecule has 6 nitrogen and oxygen atoms in total. The van der Waals surface area contributed by atoms with Crippen molar-refractivity contribution in [1.29, 1.82) is 0 Å². The molecular weight excluding hydrogens is 398 g/mol. The Labute approximate surface area is 171 Å². The number of anilines is 1. The fraction of sp³-hybridized carbons (Fsp3) is 0.350. The SMILES string of the molecule is CC(C)NS(=O)(=O)c1ccc(NC(=O)C(C)N(C)Cc2cccc(Cl)c2)cc1. The number of rotatable bonds is 8. The molecule has 2 N–H and O–H groups in total. The molecule has 2 aromatic carbocycles. The molecule has 0 bridgehead atoms. The van der Waals surface area contributed by atoms with Crippen LogP contribution in [0.2, 0.25) is 5.02 Å². The van der Waals surface area contributed by atoms with Crippen LogP contribution >= 0.6 is 11.6 Å². The Morgan fingerprint density at radius 3 is 2.32 bits per heavy atom. The lowest BCUT2D eigenvalue weighted by molar-refractivity contribution is -0.120. The molecule has 0 aliphatic carbocycles. The minimum atomic E-state index is -3.55. The fourth-order valence-electron chi connectivity index (χ4n) is 2.60. The van der Waals surface area contributed by atoms with Crippen LogP contribution < -0.4 is 10.0 Å². The highest BCUT2D eigenvalue weighted by Crippen LogP contribution is 2.16. The van der Waals surface area contributed by atoms with Crippen molar-refractivity contribution in [2.75, 3.05) is 12.4 Å². The Kier molecular flexibility index (Phi) is 7.60. The number of sulfonamides is 1. The third-order valence-electron chi connectivity index (χ3n) is 4.18. The number of benzene rings is 2. The van der Waals surface area contributed by atoms with Gasteiger partial charge in [-0.3, -0.25) is 9.69 Å². The molecule has 0 radical (unpaired) electrons. The molecule has 0 saturated carbocycles. The van der Waals surface area contributed by atoms with E-state index in [0.29, 0.717) is 17.3 Å². The predicted octanol–water partition coefficient (Wildman–Crippen LogP) is 3.49. The Bertz CT molecular complexity index is 915. The molecule has 28 heavy (non-hydrogen) atoms. The zero-order valence-corrected chi connectivity index (χ0v) is 18.0. The van der Waals surface area contributed by atoms with Gasteiger partial charge in [0.05, 0.1) is 10.9 Å². The molecule has 0 aliphatic rings. The second-order valence-corrected chi connectivity index (χ2v) is 9.16. The third-order valence-corrected chi connectivity index (χ3v) is 6.09. The first-order valence-electron chi connectivity index (χ1n) is 8.96. The quantitative estimate of drug-likeness (QED) is 0.681. The number of nitrogens with zero attached hydrogens (tertiary/aromatic N) is 1. The summed E-state index contributed by atoms with van der Waals surface area (Å²) in [7, 11) is -1.69. The Morgan fingerprint density at radius 1 is 1.11 bits per heavy atom. The van der Waals surface area contributed by atoms with Crippen LogP contribution in [0.4, 0.5) is 5.69 Å². The molecule has 8 heteroatoms. The van der Waals surface area contributed by atoms with E-state index in [1.54, 1.807) is 26.0 Å². The van der Waals surface area contributed by atoms with Gasteiger partial charge in [-0.15, -0.1) is 0 Å². The van der Waals surface area contributed by atoms with E-state index in [1.165, 1.54) is 12.1 Å². The first-order valence-corrected chi connectivity index (χ1v) is 10.8. The standard InChI is InChI=1S/C20H26ClN3O3S/c1-14(2)23-28(26,27)19-10-8-18(9-11-19)22-20(25)15(3)24(4)13-16-6-5-7-17(21)12-16/h5-12,14-15,23H,13H2,1-4H3,(H,22,25). The summed E-state index contributed by atoms with van der Waals surface area (Å²) in [5.74, 6) is -0.180. The van der Waals surface area contributed by atoms with E-state index in [9.17, 15) is 13.2 Å². The van der Waals surface area contributed by atoms with E-state index in [0.717, 1.165) is 5.56 Å². The van der Waals surface area contributed by atoms with Crippen LogP contribution in [0.25, 0.3) is 0 Å². The van der Waals surface area contributed by atoms with Gasteiger partial charge in [-0.2, -0.15) is 0 Å². The van der Waals surface area contributed by atoms with E-state index in [-0.39, 0.29) is 22.9 Å². The number of halogens is 1. The van der Waals surface area contributed by atoms with Crippen molar-refractivity contribution < 1.29 is 13.2 Å². The van der Waals surface area contributed by atoms with Gasteiger partial charge in [0.1, 0.15) is 0 Å². The molecule has 0 heterocycles. The maximum Gasteiger partial charge on any atom is 0.241 e. The Balaban J connectivity index is 1.99. The van der Waals surface area contributed by atoms with Crippen molar-refractivity contribution in [3.05, 3.63) is 59.1 Å². The highest BCUT2D eigenvalue weighted by atomic mass is 35.5. The molecule has 0 aliphatic heterocycles. The van der Waals surface area contributed by atoms with Crippen molar-refractivity contribution in [3.8, 4) is 0 Å². The Morgan fingerprint density at radius 2 is 1.75 bits per heavy atom. The lowest BCUT2D eigenvalue weighted by atomic mass is 10.2.